The van der Waals surface area contributed by atoms with Crippen LogP contribution in [0.1, 0.15) is 78.1 Å². The number of likely N-dealkylation sites (N-methyl/N-ethyl adjacent to an activating group) is 1. The lowest BCUT2D eigenvalue weighted by Gasteiger charge is -2.43. The van der Waals surface area contributed by atoms with E-state index < -0.39 is 0 Å². The van der Waals surface area contributed by atoms with Crippen molar-refractivity contribution in [2.75, 3.05) is 20.1 Å². The van der Waals surface area contributed by atoms with E-state index in [1.54, 1.807) is 0 Å². The zero-order valence-electron chi connectivity index (χ0n) is 14.1. The minimum atomic E-state index is 0.283. The van der Waals surface area contributed by atoms with Gasteiger partial charge in [-0.2, -0.15) is 0 Å². The van der Waals surface area contributed by atoms with Crippen LogP contribution in [0.3, 0.4) is 0 Å². The average Bonchev–Trinajstić information content (AvgIpc) is 2.59. The van der Waals surface area contributed by atoms with E-state index >= 15 is 0 Å². The van der Waals surface area contributed by atoms with Gasteiger partial charge in [0.25, 0.3) is 0 Å². The fourth-order valence-corrected chi connectivity index (χ4v) is 4.41. The first-order valence-electron chi connectivity index (χ1n) is 8.89. The van der Waals surface area contributed by atoms with Crippen LogP contribution in [0.2, 0.25) is 0 Å². The largest absolute Gasteiger partial charge is 0.329 e. The summed E-state index contributed by atoms with van der Waals surface area (Å²) >= 11 is 0. The molecule has 0 spiro atoms. The van der Waals surface area contributed by atoms with Crippen molar-refractivity contribution in [2.45, 2.75) is 83.6 Å². The van der Waals surface area contributed by atoms with Crippen molar-refractivity contribution in [3.05, 3.63) is 0 Å². The van der Waals surface area contributed by atoms with E-state index in [1.807, 2.05) is 0 Å². The minimum absolute atomic E-state index is 0.283. The third-order valence-electron chi connectivity index (χ3n) is 6.21. The van der Waals surface area contributed by atoms with Crippen molar-refractivity contribution >= 4 is 0 Å². The van der Waals surface area contributed by atoms with Crippen LogP contribution < -0.4 is 5.73 Å². The Balaban J connectivity index is 1.97. The Morgan fingerprint density at radius 2 is 1.65 bits per heavy atom. The fourth-order valence-electron chi connectivity index (χ4n) is 4.41. The first-order chi connectivity index (χ1) is 9.47. The first-order valence-corrected chi connectivity index (χ1v) is 8.89. The van der Waals surface area contributed by atoms with E-state index in [1.165, 1.54) is 70.8 Å². The van der Waals surface area contributed by atoms with E-state index in [2.05, 4.69) is 25.8 Å². The van der Waals surface area contributed by atoms with Crippen LogP contribution in [0.25, 0.3) is 0 Å². The summed E-state index contributed by atoms with van der Waals surface area (Å²) < 4.78 is 0. The molecule has 0 bridgehead atoms. The molecule has 0 saturated heterocycles. The van der Waals surface area contributed by atoms with Crippen LogP contribution in [0.4, 0.5) is 0 Å². The molecule has 2 rings (SSSR count). The molecular formula is C18H36N2. The zero-order valence-corrected chi connectivity index (χ0v) is 14.1. The Hall–Kier alpha value is -0.0800. The molecule has 2 aliphatic carbocycles. The van der Waals surface area contributed by atoms with Gasteiger partial charge in [0.1, 0.15) is 0 Å². The lowest BCUT2D eigenvalue weighted by atomic mass is 9.82. The molecule has 1 unspecified atom stereocenters. The number of rotatable bonds is 4. The summed E-state index contributed by atoms with van der Waals surface area (Å²) in [5, 5.41) is 0. The Morgan fingerprint density at radius 1 is 0.950 bits per heavy atom. The lowest BCUT2D eigenvalue weighted by molar-refractivity contribution is 0.0781. The van der Waals surface area contributed by atoms with Crippen LogP contribution in [0.15, 0.2) is 0 Å². The number of hydrogen-bond donors (Lipinski definition) is 1. The van der Waals surface area contributed by atoms with Gasteiger partial charge in [0.2, 0.25) is 0 Å². The summed E-state index contributed by atoms with van der Waals surface area (Å²) in [6.07, 6.45) is 13.9. The van der Waals surface area contributed by atoms with Crippen LogP contribution >= 0.6 is 0 Å². The number of nitrogens with zero attached hydrogens (tertiary/aromatic N) is 1. The van der Waals surface area contributed by atoms with E-state index in [0.29, 0.717) is 5.41 Å². The maximum Gasteiger partial charge on any atom is 0.0329 e. The van der Waals surface area contributed by atoms with Gasteiger partial charge in [-0.25, -0.2) is 0 Å². The van der Waals surface area contributed by atoms with Gasteiger partial charge in [-0.15, -0.1) is 0 Å². The third kappa shape index (κ3) is 3.98. The average molecular weight is 280 g/mol. The van der Waals surface area contributed by atoms with Crippen molar-refractivity contribution in [2.24, 2.45) is 17.1 Å². The molecular weight excluding hydrogens is 244 g/mol. The number of nitrogens with two attached hydrogens (primary N) is 1. The highest BCUT2D eigenvalue weighted by atomic mass is 15.2. The molecule has 0 aromatic carbocycles. The van der Waals surface area contributed by atoms with Gasteiger partial charge < -0.3 is 5.73 Å². The molecule has 2 saturated carbocycles. The second-order valence-electron chi connectivity index (χ2n) is 8.33. The van der Waals surface area contributed by atoms with Crippen LogP contribution in [0, 0.1) is 11.3 Å². The van der Waals surface area contributed by atoms with Crippen molar-refractivity contribution in [1.29, 1.82) is 0 Å². The normalized spacial score (nSPS) is 32.2. The van der Waals surface area contributed by atoms with Crippen LogP contribution in [-0.2, 0) is 0 Å². The lowest BCUT2D eigenvalue weighted by Crippen LogP contribution is -2.53. The maximum atomic E-state index is 6.26. The van der Waals surface area contributed by atoms with Gasteiger partial charge in [-0.3, -0.25) is 4.90 Å². The third-order valence-corrected chi connectivity index (χ3v) is 6.21. The molecule has 2 fully saturated rings. The van der Waals surface area contributed by atoms with Gasteiger partial charge in [-0.1, -0.05) is 39.5 Å². The SMILES string of the molecule is CN(CC1CCCCC1)C1(CN)CCCC(C)(C)CC1. The predicted octanol–water partition coefficient (Wildman–Crippen LogP) is 4.19. The molecule has 0 amide bonds. The highest BCUT2D eigenvalue weighted by Crippen LogP contribution is 2.40. The number of hydrogen-bond acceptors (Lipinski definition) is 2. The van der Waals surface area contributed by atoms with Crippen molar-refractivity contribution < 1.29 is 0 Å². The van der Waals surface area contributed by atoms with Crippen molar-refractivity contribution in [1.82, 2.24) is 4.90 Å². The molecule has 0 aromatic heterocycles. The highest BCUT2D eigenvalue weighted by molar-refractivity contribution is 4.95. The standard InChI is InChI=1S/C18H36N2/c1-17(2)10-7-11-18(15-19,13-12-17)20(3)14-16-8-5-4-6-9-16/h16H,4-15,19H2,1-3H3. The summed E-state index contributed by atoms with van der Waals surface area (Å²) in [5.74, 6) is 0.924. The van der Waals surface area contributed by atoms with E-state index in [0.717, 1.165) is 12.5 Å². The van der Waals surface area contributed by atoms with Gasteiger partial charge >= 0.3 is 0 Å². The van der Waals surface area contributed by atoms with Gasteiger partial charge in [0.15, 0.2) is 0 Å². The molecule has 2 aliphatic rings. The van der Waals surface area contributed by atoms with E-state index in [9.17, 15) is 0 Å². The summed E-state index contributed by atoms with van der Waals surface area (Å²) in [6, 6.07) is 0. The molecule has 2 heteroatoms. The molecule has 0 aromatic rings. The second-order valence-corrected chi connectivity index (χ2v) is 8.33. The summed E-state index contributed by atoms with van der Waals surface area (Å²) in [5.41, 5.74) is 7.06. The Labute approximate surface area is 126 Å². The maximum absolute atomic E-state index is 6.26. The Bertz CT molecular complexity index is 294. The minimum Gasteiger partial charge on any atom is -0.329 e. The van der Waals surface area contributed by atoms with Gasteiger partial charge in [0, 0.05) is 18.6 Å². The van der Waals surface area contributed by atoms with E-state index in [-0.39, 0.29) is 5.54 Å². The molecule has 0 aliphatic heterocycles. The molecule has 20 heavy (non-hydrogen) atoms. The molecule has 2 nitrogen and oxygen atoms in total. The molecule has 2 N–H and O–H groups in total. The molecule has 1 atom stereocenters. The van der Waals surface area contributed by atoms with Gasteiger partial charge in [0.05, 0.1) is 0 Å². The second kappa shape index (κ2) is 6.79. The molecule has 0 heterocycles. The molecule has 0 radical (unpaired) electrons. The van der Waals surface area contributed by atoms with E-state index in [4.69, 9.17) is 5.73 Å². The summed E-state index contributed by atoms with van der Waals surface area (Å²) in [6.45, 7) is 6.98. The van der Waals surface area contributed by atoms with Crippen molar-refractivity contribution in [3.8, 4) is 0 Å². The predicted molar refractivity (Wildman–Crippen MR) is 87.9 cm³/mol. The smallest absolute Gasteiger partial charge is 0.0329 e. The summed E-state index contributed by atoms with van der Waals surface area (Å²) in [4.78, 5) is 2.66. The first kappa shape index (κ1) is 16.3. The highest BCUT2D eigenvalue weighted by Gasteiger charge is 2.38. The Morgan fingerprint density at radius 3 is 2.30 bits per heavy atom. The summed E-state index contributed by atoms with van der Waals surface area (Å²) in [7, 11) is 2.35. The van der Waals surface area contributed by atoms with Crippen LogP contribution in [-0.4, -0.2) is 30.6 Å². The monoisotopic (exact) mass is 280 g/mol. The topological polar surface area (TPSA) is 29.3 Å². The molecule has 118 valence electrons. The van der Waals surface area contributed by atoms with Crippen LogP contribution in [0.5, 0.6) is 0 Å². The Kier molecular flexibility index (Phi) is 5.53. The quantitative estimate of drug-likeness (QED) is 0.783. The zero-order chi connectivity index (χ0) is 14.6. The fraction of sp³-hybridized carbons (Fsp3) is 1.00. The van der Waals surface area contributed by atoms with Crippen molar-refractivity contribution in [3.63, 3.8) is 0 Å². The van der Waals surface area contributed by atoms with Gasteiger partial charge in [-0.05, 0) is 56.9 Å².